The number of fused-ring (bicyclic) bond motifs is 1. The summed E-state index contributed by atoms with van der Waals surface area (Å²) in [5.74, 6) is 0.986. The number of rotatable bonds is 7. The molecule has 1 heterocycles. The highest BCUT2D eigenvalue weighted by molar-refractivity contribution is 7.22. The van der Waals surface area contributed by atoms with Crippen LogP contribution in [0.2, 0.25) is 0 Å². The summed E-state index contributed by atoms with van der Waals surface area (Å²) in [4.78, 5) is 20.4. The molecule has 0 atom stereocenters. The third-order valence-corrected chi connectivity index (χ3v) is 8.21. The van der Waals surface area contributed by atoms with E-state index < -0.39 is 0 Å². The van der Waals surface area contributed by atoms with Crippen LogP contribution in [-0.2, 0) is 0 Å². The average molecular weight is 484 g/mol. The molecule has 0 unspecified atom stereocenters. The highest BCUT2D eigenvalue weighted by Gasteiger charge is 2.29. The Bertz CT molecular complexity index is 1160. The predicted octanol–water partition coefficient (Wildman–Crippen LogP) is 7.93. The van der Waals surface area contributed by atoms with E-state index in [0.717, 1.165) is 35.4 Å². The smallest absolute Gasteiger partial charge is 0.321 e. The van der Waals surface area contributed by atoms with Gasteiger partial charge in [-0.15, -0.1) is 0 Å². The number of carbonyl (C=O) groups excluding carboxylic acids is 1. The van der Waals surface area contributed by atoms with E-state index in [2.05, 4.69) is 82.8 Å². The zero-order chi connectivity index (χ0) is 24.0. The number of hydrogen-bond donors (Lipinski definition) is 1. The maximum atomic E-state index is 13.6. The van der Waals surface area contributed by atoms with Crippen molar-refractivity contribution < 1.29 is 4.79 Å². The summed E-state index contributed by atoms with van der Waals surface area (Å²) in [6.45, 7) is 3.03. The Balaban J connectivity index is 1.37. The summed E-state index contributed by atoms with van der Waals surface area (Å²) < 4.78 is 1.09. The van der Waals surface area contributed by atoms with Gasteiger partial charge in [0.2, 0.25) is 0 Å². The molecule has 0 saturated heterocycles. The van der Waals surface area contributed by atoms with Crippen molar-refractivity contribution in [3.63, 3.8) is 0 Å². The number of amides is 2. The van der Waals surface area contributed by atoms with E-state index in [-0.39, 0.29) is 18.0 Å². The number of urea groups is 1. The maximum Gasteiger partial charge on any atom is 0.323 e. The minimum atomic E-state index is -0.0246. The molecule has 1 aliphatic rings. The topological polar surface area (TPSA) is 45.2 Å². The van der Waals surface area contributed by atoms with E-state index in [1.165, 1.54) is 35.3 Å². The zero-order valence-electron chi connectivity index (χ0n) is 20.3. The van der Waals surface area contributed by atoms with Crippen molar-refractivity contribution >= 4 is 32.7 Å². The number of para-hydroxylation sites is 1. The fourth-order valence-electron chi connectivity index (χ4n) is 5.26. The van der Waals surface area contributed by atoms with Crippen LogP contribution in [0.5, 0.6) is 0 Å². The fraction of sp³-hybridized carbons (Fsp3) is 0.333. The van der Waals surface area contributed by atoms with Gasteiger partial charge in [0.15, 0.2) is 5.13 Å². The Morgan fingerprint density at radius 1 is 0.914 bits per heavy atom. The predicted molar refractivity (Wildman–Crippen MR) is 146 cm³/mol. The molecule has 0 aliphatic heterocycles. The zero-order valence-corrected chi connectivity index (χ0v) is 21.1. The molecule has 1 aliphatic carbocycles. The molecular formula is C30H33N3OS. The largest absolute Gasteiger partial charge is 0.323 e. The number of nitrogens with one attached hydrogen (secondary N) is 1. The Morgan fingerprint density at radius 2 is 1.51 bits per heavy atom. The Morgan fingerprint density at radius 3 is 2.14 bits per heavy atom. The molecule has 3 aromatic carbocycles. The van der Waals surface area contributed by atoms with Crippen molar-refractivity contribution in [1.82, 2.24) is 9.88 Å². The molecule has 1 fully saturated rings. The third-order valence-electron chi connectivity index (χ3n) is 7.26. The van der Waals surface area contributed by atoms with Crippen LogP contribution in [0.4, 0.5) is 9.93 Å². The molecule has 4 nitrogen and oxygen atoms in total. The van der Waals surface area contributed by atoms with Gasteiger partial charge in [-0.2, -0.15) is 0 Å². The number of benzene rings is 3. The van der Waals surface area contributed by atoms with E-state index in [1.54, 1.807) is 0 Å². The molecule has 4 aromatic rings. The highest BCUT2D eigenvalue weighted by Crippen LogP contribution is 2.32. The van der Waals surface area contributed by atoms with Crippen LogP contribution >= 0.6 is 11.3 Å². The van der Waals surface area contributed by atoms with Crippen molar-refractivity contribution in [2.75, 3.05) is 11.9 Å². The lowest BCUT2D eigenvalue weighted by atomic mass is 9.85. The molecule has 0 bridgehead atoms. The SMILES string of the molecule is CC1CCC(N(CCC(c2ccccc2)c2ccccc2)C(=O)Nc2nc3ccccc3s2)CC1. The summed E-state index contributed by atoms with van der Waals surface area (Å²) in [5, 5.41) is 3.81. The summed E-state index contributed by atoms with van der Waals surface area (Å²) in [6.07, 6.45) is 5.37. The first-order chi connectivity index (χ1) is 17.2. The van der Waals surface area contributed by atoms with E-state index in [9.17, 15) is 4.79 Å². The summed E-state index contributed by atoms with van der Waals surface area (Å²) in [6, 6.07) is 29.6. The van der Waals surface area contributed by atoms with Gasteiger partial charge in [-0.25, -0.2) is 9.78 Å². The van der Waals surface area contributed by atoms with Gasteiger partial charge < -0.3 is 4.90 Å². The molecule has 0 spiro atoms. The number of aromatic nitrogens is 1. The first-order valence-corrected chi connectivity index (χ1v) is 13.5. The van der Waals surface area contributed by atoms with Gasteiger partial charge in [0.25, 0.3) is 0 Å². The molecule has 5 heteroatoms. The van der Waals surface area contributed by atoms with Crippen molar-refractivity contribution in [2.45, 2.75) is 51.0 Å². The average Bonchev–Trinajstić information content (AvgIpc) is 3.31. The van der Waals surface area contributed by atoms with Crippen LogP contribution in [-0.4, -0.2) is 28.5 Å². The van der Waals surface area contributed by atoms with Gasteiger partial charge in [0, 0.05) is 18.5 Å². The Kier molecular flexibility index (Phi) is 7.43. The van der Waals surface area contributed by atoms with Crippen LogP contribution in [0.1, 0.15) is 56.1 Å². The quantitative estimate of drug-likeness (QED) is 0.290. The summed E-state index contributed by atoms with van der Waals surface area (Å²) in [7, 11) is 0. The molecule has 35 heavy (non-hydrogen) atoms. The first kappa shape index (κ1) is 23.6. The number of nitrogens with zero attached hydrogens (tertiary/aromatic N) is 2. The van der Waals surface area contributed by atoms with Gasteiger partial charge in [-0.3, -0.25) is 5.32 Å². The molecule has 180 valence electrons. The molecule has 5 rings (SSSR count). The van der Waals surface area contributed by atoms with Crippen molar-refractivity contribution in [3.8, 4) is 0 Å². The van der Waals surface area contributed by atoms with E-state index >= 15 is 0 Å². The van der Waals surface area contributed by atoms with Crippen LogP contribution in [0.15, 0.2) is 84.9 Å². The van der Waals surface area contributed by atoms with Crippen molar-refractivity contribution in [3.05, 3.63) is 96.1 Å². The minimum absolute atomic E-state index is 0.0246. The number of thiazole rings is 1. The lowest BCUT2D eigenvalue weighted by Crippen LogP contribution is -2.45. The molecule has 1 saturated carbocycles. The van der Waals surface area contributed by atoms with Crippen LogP contribution < -0.4 is 5.32 Å². The Labute approximate surface area is 212 Å². The maximum absolute atomic E-state index is 13.6. The van der Waals surface area contributed by atoms with Gasteiger partial charge in [0.05, 0.1) is 10.2 Å². The molecule has 2 amide bonds. The fourth-order valence-corrected chi connectivity index (χ4v) is 6.11. The van der Waals surface area contributed by atoms with E-state index in [0.29, 0.717) is 11.7 Å². The van der Waals surface area contributed by atoms with Gasteiger partial charge in [0.1, 0.15) is 0 Å². The lowest BCUT2D eigenvalue weighted by Gasteiger charge is -2.37. The van der Waals surface area contributed by atoms with Crippen molar-refractivity contribution in [2.24, 2.45) is 5.92 Å². The van der Waals surface area contributed by atoms with Gasteiger partial charge >= 0.3 is 6.03 Å². The monoisotopic (exact) mass is 483 g/mol. The molecular weight excluding hydrogens is 450 g/mol. The summed E-state index contributed by atoms with van der Waals surface area (Å²) in [5.41, 5.74) is 3.52. The first-order valence-electron chi connectivity index (χ1n) is 12.7. The van der Waals surface area contributed by atoms with E-state index in [4.69, 9.17) is 0 Å². The summed E-state index contributed by atoms with van der Waals surface area (Å²) >= 11 is 1.54. The highest BCUT2D eigenvalue weighted by atomic mass is 32.1. The second-order valence-electron chi connectivity index (χ2n) is 9.69. The van der Waals surface area contributed by atoms with Gasteiger partial charge in [-0.05, 0) is 61.3 Å². The second kappa shape index (κ2) is 11.0. The molecule has 1 N–H and O–H groups in total. The number of carbonyl (C=O) groups is 1. The standard InChI is InChI=1S/C30H33N3OS/c1-22-16-18-25(19-17-22)33(30(34)32-29-31-27-14-8-9-15-28(27)35-29)21-20-26(23-10-4-2-5-11-23)24-12-6-3-7-13-24/h2-15,22,25-26H,16-21H2,1H3,(H,31,32,34). The second-order valence-corrected chi connectivity index (χ2v) is 10.7. The van der Waals surface area contributed by atoms with Crippen LogP contribution in [0.25, 0.3) is 10.2 Å². The van der Waals surface area contributed by atoms with Crippen LogP contribution in [0.3, 0.4) is 0 Å². The van der Waals surface area contributed by atoms with E-state index in [1.807, 2.05) is 24.3 Å². The van der Waals surface area contributed by atoms with Crippen LogP contribution in [0, 0.1) is 5.92 Å². The Hall–Kier alpha value is -3.18. The third kappa shape index (κ3) is 5.73. The molecule has 0 radical (unpaired) electrons. The molecule has 1 aromatic heterocycles. The number of anilines is 1. The minimum Gasteiger partial charge on any atom is -0.321 e. The normalized spacial score (nSPS) is 18.0. The number of hydrogen-bond acceptors (Lipinski definition) is 3. The van der Waals surface area contributed by atoms with Gasteiger partial charge in [-0.1, -0.05) is 91.1 Å². The lowest BCUT2D eigenvalue weighted by molar-refractivity contribution is 0.154. The van der Waals surface area contributed by atoms with Crippen molar-refractivity contribution in [1.29, 1.82) is 0 Å².